The second-order valence-electron chi connectivity index (χ2n) is 18.2. The summed E-state index contributed by atoms with van der Waals surface area (Å²) in [5.74, 6) is -0.396. The molecule has 356 valence electrons. The molecule has 0 bridgehead atoms. The molecule has 0 aromatic heterocycles. The largest absolute Gasteiger partial charge is 0.465 e. The van der Waals surface area contributed by atoms with E-state index < -0.39 is 5.54 Å². The minimum atomic E-state index is -0.967. The Morgan fingerprint density at radius 3 is 1.46 bits per heavy atom. The van der Waals surface area contributed by atoms with Crippen LogP contribution in [-0.2, 0) is 28.7 Å². The average molecular weight is 862 g/mol. The van der Waals surface area contributed by atoms with Gasteiger partial charge in [0.25, 0.3) is 0 Å². The summed E-state index contributed by atoms with van der Waals surface area (Å²) >= 11 is 0. The summed E-state index contributed by atoms with van der Waals surface area (Å²) in [6.07, 6.45) is 33.9. The highest BCUT2D eigenvalue weighted by Gasteiger charge is 2.60. The van der Waals surface area contributed by atoms with Crippen LogP contribution in [0.15, 0.2) is 4.99 Å². The summed E-state index contributed by atoms with van der Waals surface area (Å²) in [7, 11) is 0. The molecule has 0 radical (unpaired) electrons. The first-order chi connectivity index (χ1) is 29.6. The van der Waals surface area contributed by atoms with Crippen molar-refractivity contribution in [3.8, 4) is 0 Å². The van der Waals surface area contributed by atoms with Crippen molar-refractivity contribution in [1.82, 2.24) is 10.6 Å². The molecule has 61 heavy (non-hydrogen) atoms. The van der Waals surface area contributed by atoms with E-state index in [1.54, 1.807) is 0 Å². The van der Waals surface area contributed by atoms with Gasteiger partial charge in [0.2, 0.25) is 11.8 Å². The lowest BCUT2D eigenvalue weighted by Gasteiger charge is -2.19. The van der Waals surface area contributed by atoms with E-state index in [1.165, 1.54) is 70.6 Å². The van der Waals surface area contributed by atoms with E-state index in [2.05, 4.69) is 43.3 Å². The van der Waals surface area contributed by atoms with Crippen LogP contribution in [0.25, 0.3) is 0 Å². The number of hydrogen-bond donors (Lipinski definition) is 4. The number of carbonyl (C=O) groups is 4. The van der Waals surface area contributed by atoms with Crippen LogP contribution in [0.5, 0.6) is 0 Å². The Balaban J connectivity index is 2.33. The van der Waals surface area contributed by atoms with Gasteiger partial charge in [-0.15, -0.1) is 0 Å². The molecule has 2 amide bonds. The predicted molar refractivity (Wildman–Crippen MR) is 252 cm³/mol. The SMILES string of the molecule is CCCCCCCCC(CCCCCC)C(=O)OCCCCCCCC(=O)NC1(C(=O)NCCCCCCCCOC(=O)C(CCCC)CCCCCC)CC1CN=C(N)N. The number of amides is 2. The van der Waals surface area contributed by atoms with E-state index in [-0.39, 0.29) is 47.5 Å². The molecule has 0 saturated heterocycles. The number of nitrogens with one attached hydrogen (secondary N) is 2. The molecule has 1 aliphatic carbocycles. The number of carbonyl (C=O) groups excluding carboxylic acids is 4. The molecule has 1 fully saturated rings. The standard InChI is InChI=1S/C50H95N5O6/c1-5-9-13-16-20-27-35-43(34-26-15-11-7-3)47(58)61-39-31-24-19-21-28-36-45(56)55-50(40-44(50)41-54-49(51)52)48(59)53-37-29-22-17-18-23-30-38-60-46(57)42(32-12-8-4)33-25-14-10-6-2/h42-44H,5-41H2,1-4H3,(H,53,59)(H,55,56)(H4,51,52,54). The first-order valence-corrected chi connectivity index (χ1v) is 25.6. The molecule has 0 aromatic rings. The topological polar surface area (TPSA) is 175 Å². The van der Waals surface area contributed by atoms with Crippen LogP contribution in [0, 0.1) is 17.8 Å². The minimum Gasteiger partial charge on any atom is -0.465 e. The van der Waals surface area contributed by atoms with Crippen LogP contribution in [0.2, 0.25) is 0 Å². The Hall–Kier alpha value is -2.85. The van der Waals surface area contributed by atoms with E-state index in [0.29, 0.717) is 39.1 Å². The lowest BCUT2D eigenvalue weighted by Crippen LogP contribution is -2.51. The normalized spacial score (nSPS) is 16.7. The summed E-state index contributed by atoms with van der Waals surface area (Å²) in [5, 5.41) is 6.11. The average Bonchev–Trinajstić information content (AvgIpc) is 3.96. The highest BCUT2D eigenvalue weighted by atomic mass is 16.5. The van der Waals surface area contributed by atoms with Gasteiger partial charge in [-0.25, -0.2) is 0 Å². The van der Waals surface area contributed by atoms with Crippen molar-refractivity contribution in [2.75, 3.05) is 26.3 Å². The summed E-state index contributed by atoms with van der Waals surface area (Å²) in [6.45, 7) is 10.6. The third kappa shape index (κ3) is 28.5. The summed E-state index contributed by atoms with van der Waals surface area (Å²) < 4.78 is 11.4. The van der Waals surface area contributed by atoms with Crippen molar-refractivity contribution < 1.29 is 28.7 Å². The lowest BCUT2D eigenvalue weighted by molar-refractivity contribution is -0.150. The van der Waals surface area contributed by atoms with Crippen LogP contribution in [0.1, 0.15) is 240 Å². The Kier molecular flexibility index (Phi) is 34.7. The van der Waals surface area contributed by atoms with Gasteiger partial charge in [-0.05, 0) is 57.8 Å². The molecule has 0 aliphatic heterocycles. The number of hydrogen-bond acceptors (Lipinski definition) is 7. The summed E-state index contributed by atoms with van der Waals surface area (Å²) in [4.78, 5) is 56.2. The number of guanidine groups is 1. The molecule has 1 rings (SSSR count). The number of esters is 2. The summed E-state index contributed by atoms with van der Waals surface area (Å²) in [6, 6.07) is 0. The Labute approximate surface area is 373 Å². The molecule has 0 spiro atoms. The zero-order chi connectivity index (χ0) is 44.8. The fourth-order valence-electron chi connectivity index (χ4n) is 8.37. The molecule has 0 heterocycles. The van der Waals surface area contributed by atoms with Crippen molar-refractivity contribution in [1.29, 1.82) is 0 Å². The molecule has 11 heteroatoms. The maximum atomic E-state index is 13.4. The van der Waals surface area contributed by atoms with Crippen LogP contribution < -0.4 is 22.1 Å². The first-order valence-electron chi connectivity index (χ1n) is 25.6. The van der Waals surface area contributed by atoms with E-state index in [9.17, 15) is 19.2 Å². The number of nitrogens with zero attached hydrogens (tertiary/aromatic N) is 1. The number of aliphatic imine (C=N–C) groups is 1. The van der Waals surface area contributed by atoms with Crippen LogP contribution in [0.3, 0.4) is 0 Å². The number of rotatable bonds is 43. The third-order valence-electron chi connectivity index (χ3n) is 12.6. The van der Waals surface area contributed by atoms with Crippen LogP contribution >= 0.6 is 0 Å². The van der Waals surface area contributed by atoms with Crippen molar-refractivity contribution in [3.05, 3.63) is 0 Å². The molecule has 1 saturated carbocycles. The maximum Gasteiger partial charge on any atom is 0.308 e. The lowest BCUT2D eigenvalue weighted by atomic mass is 9.94. The molecule has 6 N–H and O–H groups in total. The number of nitrogens with two attached hydrogens (primary N) is 2. The molecular formula is C50H95N5O6. The van der Waals surface area contributed by atoms with E-state index >= 15 is 0 Å². The van der Waals surface area contributed by atoms with Gasteiger partial charge in [0.15, 0.2) is 5.96 Å². The fraction of sp³-hybridized carbons (Fsp3) is 0.900. The van der Waals surface area contributed by atoms with Gasteiger partial charge in [-0.2, -0.15) is 0 Å². The Morgan fingerprint density at radius 1 is 0.557 bits per heavy atom. The third-order valence-corrected chi connectivity index (χ3v) is 12.6. The van der Waals surface area contributed by atoms with Crippen molar-refractivity contribution in [2.24, 2.45) is 34.2 Å². The molecule has 4 unspecified atom stereocenters. The van der Waals surface area contributed by atoms with Gasteiger partial charge >= 0.3 is 11.9 Å². The summed E-state index contributed by atoms with van der Waals surface area (Å²) in [5.41, 5.74) is 10.2. The van der Waals surface area contributed by atoms with Crippen molar-refractivity contribution in [3.63, 3.8) is 0 Å². The smallest absolute Gasteiger partial charge is 0.308 e. The van der Waals surface area contributed by atoms with Gasteiger partial charge in [-0.3, -0.25) is 24.2 Å². The number of unbranched alkanes of at least 4 members (excludes halogenated alkanes) is 21. The fourth-order valence-corrected chi connectivity index (χ4v) is 8.37. The Bertz CT molecular complexity index is 1160. The van der Waals surface area contributed by atoms with Crippen molar-refractivity contribution in [2.45, 2.75) is 245 Å². The molecular weight excluding hydrogens is 767 g/mol. The van der Waals surface area contributed by atoms with Gasteiger partial charge in [-0.1, -0.05) is 175 Å². The Morgan fingerprint density at radius 2 is 0.967 bits per heavy atom. The highest BCUT2D eigenvalue weighted by molar-refractivity contribution is 5.95. The first kappa shape index (κ1) is 56.2. The molecule has 11 nitrogen and oxygen atoms in total. The second kappa shape index (κ2) is 37.7. The number of ether oxygens (including phenoxy) is 2. The zero-order valence-electron chi connectivity index (χ0n) is 39.9. The monoisotopic (exact) mass is 862 g/mol. The quantitative estimate of drug-likeness (QED) is 0.0203. The van der Waals surface area contributed by atoms with Crippen LogP contribution in [0.4, 0.5) is 0 Å². The van der Waals surface area contributed by atoms with Gasteiger partial charge in [0.05, 0.1) is 25.0 Å². The molecule has 4 atom stereocenters. The van der Waals surface area contributed by atoms with E-state index in [1.807, 2.05) is 0 Å². The van der Waals surface area contributed by atoms with Gasteiger partial charge < -0.3 is 31.6 Å². The highest BCUT2D eigenvalue weighted by Crippen LogP contribution is 2.44. The van der Waals surface area contributed by atoms with E-state index in [4.69, 9.17) is 20.9 Å². The molecule has 0 aromatic carbocycles. The van der Waals surface area contributed by atoms with Crippen LogP contribution in [-0.4, -0.2) is 61.6 Å². The zero-order valence-corrected chi connectivity index (χ0v) is 39.9. The predicted octanol–water partition coefficient (Wildman–Crippen LogP) is 11.1. The van der Waals surface area contributed by atoms with Gasteiger partial charge in [0, 0.05) is 25.4 Å². The molecule has 1 aliphatic rings. The van der Waals surface area contributed by atoms with Gasteiger partial charge in [0.1, 0.15) is 5.54 Å². The van der Waals surface area contributed by atoms with Crippen molar-refractivity contribution >= 4 is 29.7 Å². The minimum absolute atomic E-state index is 0.0106. The second-order valence-corrected chi connectivity index (χ2v) is 18.2. The van der Waals surface area contributed by atoms with E-state index in [0.717, 1.165) is 128 Å². The maximum absolute atomic E-state index is 13.4.